The first-order valence-electron chi connectivity index (χ1n) is 9.93. The fourth-order valence-electron chi connectivity index (χ4n) is 3.31. The fourth-order valence-corrected chi connectivity index (χ4v) is 3.31. The first kappa shape index (κ1) is 22.3. The standard InChI is InChI=1S/C19H30N2O7/c1-2-3-4-5-6-7-8-9-15(24)28-17-13(12-22)27-18(16(17)25)21-11-10-14(23)20-19(21)26/h10-11,13,16-18,22,25H,2-9,12H2,1H3,(H,20,23,26)/t13-,16-,17-,18-/m1/s1. The van der Waals surface area contributed by atoms with Gasteiger partial charge in [0.25, 0.3) is 5.56 Å². The average molecular weight is 398 g/mol. The lowest BCUT2D eigenvalue weighted by Crippen LogP contribution is -2.40. The molecule has 2 rings (SSSR count). The maximum atomic E-state index is 12.1. The number of aliphatic hydroxyl groups is 2. The van der Waals surface area contributed by atoms with Crippen LogP contribution in [-0.2, 0) is 14.3 Å². The van der Waals surface area contributed by atoms with Crippen molar-refractivity contribution in [2.75, 3.05) is 6.61 Å². The Labute approximate surface area is 163 Å². The molecule has 0 radical (unpaired) electrons. The van der Waals surface area contributed by atoms with Gasteiger partial charge < -0.3 is 19.7 Å². The molecule has 158 valence electrons. The van der Waals surface area contributed by atoms with Gasteiger partial charge in [-0.05, 0) is 6.42 Å². The predicted molar refractivity (Wildman–Crippen MR) is 101 cm³/mol. The minimum absolute atomic E-state index is 0.221. The Kier molecular flexibility index (Phi) is 8.88. The summed E-state index contributed by atoms with van der Waals surface area (Å²) in [6, 6.07) is 1.12. The SMILES string of the molecule is CCCCCCCCCC(=O)O[C@H]1[C@@H](O)[C@H](n2ccc(=O)[nH]c2=O)O[C@@H]1CO. The van der Waals surface area contributed by atoms with Crippen LogP contribution in [0.2, 0.25) is 0 Å². The maximum Gasteiger partial charge on any atom is 0.330 e. The lowest BCUT2D eigenvalue weighted by Gasteiger charge is -2.20. The van der Waals surface area contributed by atoms with E-state index in [4.69, 9.17) is 9.47 Å². The van der Waals surface area contributed by atoms with E-state index in [9.17, 15) is 24.6 Å². The number of rotatable bonds is 11. The molecule has 0 unspecified atom stereocenters. The van der Waals surface area contributed by atoms with Crippen molar-refractivity contribution in [3.63, 3.8) is 0 Å². The molecular formula is C19H30N2O7. The number of aromatic nitrogens is 2. The highest BCUT2D eigenvalue weighted by atomic mass is 16.6. The Morgan fingerprint density at radius 2 is 1.89 bits per heavy atom. The van der Waals surface area contributed by atoms with Gasteiger partial charge in [-0.1, -0.05) is 45.4 Å². The second-order valence-electron chi connectivity index (χ2n) is 7.08. The summed E-state index contributed by atoms with van der Waals surface area (Å²) in [6.45, 7) is 1.68. The number of carbonyl (C=O) groups is 1. The average Bonchev–Trinajstić information content (AvgIpc) is 2.97. The third-order valence-electron chi connectivity index (χ3n) is 4.87. The molecule has 3 N–H and O–H groups in total. The van der Waals surface area contributed by atoms with Crippen LogP contribution in [0.1, 0.15) is 64.5 Å². The summed E-state index contributed by atoms with van der Waals surface area (Å²) in [6.07, 6.45) is 4.31. The minimum atomic E-state index is -1.35. The van der Waals surface area contributed by atoms with Gasteiger partial charge in [-0.2, -0.15) is 0 Å². The van der Waals surface area contributed by atoms with Crippen LogP contribution >= 0.6 is 0 Å². The van der Waals surface area contributed by atoms with Crippen molar-refractivity contribution >= 4 is 5.97 Å². The molecule has 0 spiro atoms. The molecule has 2 heterocycles. The number of nitrogens with one attached hydrogen (secondary N) is 1. The van der Waals surface area contributed by atoms with Gasteiger partial charge in [0.2, 0.25) is 0 Å². The smallest absolute Gasteiger partial charge is 0.330 e. The zero-order valence-electron chi connectivity index (χ0n) is 16.2. The van der Waals surface area contributed by atoms with E-state index in [1.54, 1.807) is 0 Å². The maximum absolute atomic E-state index is 12.1. The van der Waals surface area contributed by atoms with Crippen molar-refractivity contribution < 1.29 is 24.5 Å². The Morgan fingerprint density at radius 1 is 1.21 bits per heavy atom. The summed E-state index contributed by atoms with van der Waals surface area (Å²) in [5.41, 5.74) is -1.34. The number of hydrogen-bond acceptors (Lipinski definition) is 7. The van der Waals surface area contributed by atoms with Crippen LogP contribution in [0.25, 0.3) is 0 Å². The van der Waals surface area contributed by atoms with E-state index >= 15 is 0 Å². The van der Waals surface area contributed by atoms with E-state index in [1.807, 2.05) is 0 Å². The molecule has 1 fully saturated rings. The summed E-state index contributed by atoms with van der Waals surface area (Å²) in [4.78, 5) is 37.3. The van der Waals surface area contributed by atoms with E-state index in [1.165, 1.54) is 25.5 Å². The Hall–Kier alpha value is -1.97. The van der Waals surface area contributed by atoms with Crippen LogP contribution in [0, 0.1) is 0 Å². The van der Waals surface area contributed by atoms with E-state index in [0.717, 1.165) is 29.9 Å². The summed E-state index contributed by atoms with van der Waals surface area (Å²) in [5, 5.41) is 20.0. The molecule has 9 nitrogen and oxygen atoms in total. The summed E-state index contributed by atoms with van der Waals surface area (Å²) in [5.74, 6) is -0.478. The molecule has 1 aliphatic rings. The van der Waals surface area contributed by atoms with Crippen molar-refractivity contribution in [3.8, 4) is 0 Å². The van der Waals surface area contributed by atoms with E-state index < -0.39 is 48.4 Å². The number of hydrogen-bond donors (Lipinski definition) is 3. The molecule has 1 saturated heterocycles. The van der Waals surface area contributed by atoms with Gasteiger partial charge in [-0.25, -0.2) is 4.79 Å². The number of nitrogens with zero attached hydrogens (tertiary/aromatic N) is 1. The topological polar surface area (TPSA) is 131 Å². The Bertz CT molecular complexity index is 729. The molecule has 1 aliphatic heterocycles. The molecule has 1 aromatic heterocycles. The van der Waals surface area contributed by atoms with Gasteiger partial charge in [-0.3, -0.25) is 19.1 Å². The molecule has 28 heavy (non-hydrogen) atoms. The van der Waals surface area contributed by atoms with Crippen LogP contribution in [-0.4, -0.2) is 50.7 Å². The lowest BCUT2D eigenvalue weighted by molar-refractivity contribution is -0.156. The van der Waals surface area contributed by atoms with Gasteiger partial charge in [0, 0.05) is 18.7 Å². The number of aliphatic hydroxyl groups excluding tert-OH is 2. The largest absolute Gasteiger partial charge is 0.457 e. The van der Waals surface area contributed by atoms with Gasteiger partial charge in [0.15, 0.2) is 12.3 Å². The third-order valence-corrected chi connectivity index (χ3v) is 4.87. The van der Waals surface area contributed by atoms with Crippen LogP contribution in [0.5, 0.6) is 0 Å². The highest BCUT2D eigenvalue weighted by Gasteiger charge is 2.47. The number of unbranched alkanes of at least 4 members (excludes halogenated alkanes) is 6. The first-order valence-corrected chi connectivity index (χ1v) is 9.93. The zero-order valence-corrected chi connectivity index (χ0v) is 16.2. The molecule has 0 aromatic carbocycles. The van der Waals surface area contributed by atoms with Crippen molar-refractivity contribution in [1.82, 2.24) is 9.55 Å². The van der Waals surface area contributed by atoms with Crippen LogP contribution in [0.3, 0.4) is 0 Å². The molecule has 0 saturated carbocycles. The second kappa shape index (κ2) is 11.1. The monoisotopic (exact) mass is 398 g/mol. The first-order chi connectivity index (χ1) is 13.5. The van der Waals surface area contributed by atoms with Crippen molar-refractivity contribution in [2.45, 2.75) is 82.8 Å². The van der Waals surface area contributed by atoms with Crippen LogP contribution in [0.15, 0.2) is 21.9 Å². The summed E-state index contributed by atoms with van der Waals surface area (Å²) >= 11 is 0. The molecule has 0 amide bonds. The normalized spacial score (nSPS) is 24.4. The van der Waals surface area contributed by atoms with Crippen molar-refractivity contribution in [2.24, 2.45) is 0 Å². The van der Waals surface area contributed by atoms with E-state index in [2.05, 4.69) is 11.9 Å². The molecule has 0 bridgehead atoms. The molecular weight excluding hydrogens is 368 g/mol. The second-order valence-corrected chi connectivity index (χ2v) is 7.08. The van der Waals surface area contributed by atoms with Gasteiger partial charge in [0.05, 0.1) is 6.61 Å². The van der Waals surface area contributed by atoms with E-state index in [-0.39, 0.29) is 6.42 Å². The molecule has 0 aliphatic carbocycles. The number of ether oxygens (including phenoxy) is 2. The summed E-state index contributed by atoms with van der Waals surface area (Å²) < 4.78 is 11.8. The fraction of sp³-hybridized carbons (Fsp3) is 0.737. The molecule has 9 heteroatoms. The zero-order chi connectivity index (χ0) is 20.5. The number of carbonyl (C=O) groups excluding carboxylic acids is 1. The molecule has 1 aromatic rings. The van der Waals surface area contributed by atoms with Crippen molar-refractivity contribution in [3.05, 3.63) is 33.1 Å². The Morgan fingerprint density at radius 3 is 2.54 bits per heavy atom. The number of aromatic amines is 1. The highest BCUT2D eigenvalue weighted by Crippen LogP contribution is 2.30. The lowest BCUT2D eigenvalue weighted by atomic mass is 10.1. The highest BCUT2D eigenvalue weighted by molar-refractivity contribution is 5.69. The summed E-state index contributed by atoms with van der Waals surface area (Å²) in [7, 11) is 0. The number of H-pyrrole nitrogens is 1. The van der Waals surface area contributed by atoms with Gasteiger partial charge >= 0.3 is 11.7 Å². The number of esters is 1. The van der Waals surface area contributed by atoms with Crippen molar-refractivity contribution in [1.29, 1.82) is 0 Å². The minimum Gasteiger partial charge on any atom is -0.457 e. The quantitative estimate of drug-likeness (QED) is 0.372. The third kappa shape index (κ3) is 6.02. The Balaban J connectivity index is 1.87. The van der Waals surface area contributed by atoms with E-state index in [0.29, 0.717) is 6.42 Å². The van der Waals surface area contributed by atoms with Crippen LogP contribution < -0.4 is 11.2 Å². The van der Waals surface area contributed by atoms with Crippen LogP contribution in [0.4, 0.5) is 0 Å². The van der Waals surface area contributed by atoms with Gasteiger partial charge in [0.1, 0.15) is 12.2 Å². The predicted octanol–water partition coefficient (Wildman–Crippen LogP) is 0.840. The van der Waals surface area contributed by atoms with Gasteiger partial charge in [-0.15, -0.1) is 0 Å². The molecule has 4 atom stereocenters.